The Balaban J connectivity index is 0.00000147. The second-order valence-corrected chi connectivity index (χ2v) is 6.40. The van der Waals surface area contributed by atoms with Gasteiger partial charge in [0.25, 0.3) is 0 Å². The second-order valence-electron chi connectivity index (χ2n) is 5.03. The van der Waals surface area contributed by atoms with E-state index in [1.54, 1.807) is 23.9 Å². The highest BCUT2D eigenvalue weighted by molar-refractivity contribution is 8.13. The molecule has 2 aliphatic rings. The van der Waals surface area contributed by atoms with Crippen LogP contribution in [0.5, 0.6) is 0 Å². The molecule has 0 spiro atoms. The molecule has 1 aromatic carbocycles. The fourth-order valence-electron chi connectivity index (χ4n) is 2.67. The lowest BCUT2D eigenvalue weighted by atomic mass is 9.92. The molecular formula is C14H17Cl2FN2S. The number of hydrogen-bond donors (Lipinski definition) is 1. The zero-order chi connectivity index (χ0) is 13.2. The number of hydrogen-bond acceptors (Lipinski definition) is 3. The molecule has 3 rings (SSSR count). The van der Waals surface area contributed by atoms with Gasteiger partial charge in [-0.05, 0) is 25.0 Å². The summed E-state index contributed by atoms with van der Waals surface area (Å²) in [4.78, 5) is 4.69. The summed E-state index contributed by atoms with van der Waals surface area (Å²) in [5.41, 5.74) is 0.563. The van der Waals surface area contributed by atoms with Gasteiger partial charge in [-0.3, -0.25) is 4.99 Å². The van der Waals surface area contributed by atoms with Gasteiger partial charge in [0.05, 0.1) is 12.1 Å². The fourth-order valence-corrected chi connectivity index (χ4v) is 4.00. The lowest BCUT2D eigenvalue weighted by Crippen LogP contribution is -2.36. The first-order chi connectivity index (χ1) is 9.24. The standard InChI is InChI=1S/C14H16ClFN2S.ClH/c15-10-4-3-5-11(16)9(10)8-19-14-17-12-6-1-2-7-13(12)18-14;/h3-5,12-13H,1-2,6-8H2,(H,17,18);1H. The maximum atomic E-state index is 13.7. The monoisotopic (exact) mass is 334 g/mol. The second kappa shape index (κ2) is 7.01. The summed E-state index contributed by atoms with van der Waals surface area (Å²) in [6.45, 7) is 0. The maximum Gasteiger partial charge on any atom is 0.157 e. The lowest BCUT2D eigenvalue weighted by Gasteiger charge is -2.23. The molecule has 1 aliphatic heterocycles. The van der Waals surface area contributed by atoms with E-state index < -0.39 is 0 Å². The van der Waals surface area contributed by atoms with E-state index in [0.717, 1.165) is 5.17 Å². The van der Waals surface area contributed by atoms with Crippen LogP contribution in [0.15, 0.2) is 23.2 Å². The first-order valence-corrected chi connectivity index (χ1v) is 8.00. The van der Waals surface area contributed by atoms with Crippen molar-refractivity contribution >= 4 is 40.9 Å². The molecule has 0 saturated heterocycles. The minimum Gasteiger partial charge on any atom is -0.360 e. The van der Waals surface area contributed by atoms with Crippen molar-refractivity contribution in [1.29, 1.82) is 0 Å². The summed E-state index contributed by atoms with van der Waals surface area (Å²) in [5, 5.41) is 4.88. The lowest BCUT2D eigenvalue weighted by molar-refractivity contribution is 0.385. The van der Waals surface area contributed by atoms with E-state index >= 15 is 0 Å². The van der Waals surface area contributed by atoms with E-state index in [4.69, 9.17) is 11.6 Å². The number of aliphatic imine (C=N–C) groups is 1. The van der Waals surface area contributed by atoms with Crippen LogP contribution in [0.4, 0.5) is 4.39 Å². The van der Waals surface area contributed by atoms with E-state index in [0.29, 0.717) is 28.4 Å². The van der Waals surface area contributed by atoms with Crippen molar-refractivity contribution in [3.63, 3.8) is 0 Å². The van der Waals surface area contributed by atoms with Crippen molar-refractivity contribution in [1.82, 2.24) is 5.32 Å². The van der Waals surface area contributed by atoms with Crippen molar-refractivity contribution in [3.8, 4) is 0 Å². The molecule has 1 heterocycles. The van der Waals surface area contributed by atoms with Gasteiger partial charge in [0.15, 0.2) is 5.17 Å². The van der Waals surface area contributed by atoms with Gasteiger partial charge in [-0.1, -0.05) is 42.3 Å². The quantitative estimate of drug-likeness (QED) is 0.866. The van der Waals surface area contributed by atoms with Crippen molar-refractivity contribution in [3.05, 3.63) is 34.6 Å². The normalized spacial score (nSPS) is 24.4. The van der Waals surface area contributed by atoms with Crippen LogP contribution in [0.1, 0.15) is 31.2 Å². The van der Waals surface area contributed by atoms with Gasteiger partial charge >= 0.3 is 0 Å². The van der Waals surface area contributed by atoms with E-state index in [1.165, 1.54) is 31.7 Å². The largest absolute Gasteiger partial charge is 0.360 e. The number of benzene rings is 1. The van der Waals surface area contributed by atoms with Crippen LogP contribution in [-0.4, -0.2) is 17.3 Å². The summed E-state index contributed by atoms with van der Waals surface area (Å²) >= 11 is 7.57. The fraction of sp³-hybridized carbons (Fsp3) is 0.500. The first-order valence-electron chi connectivity index (χ1n) is 6.64. The maximum absolute atomic E-state index is 13.7. The van der Waals surface area contributed by atoms with Crippen molar-refractivity contribution < 1.29 is 4.39 Å². The Morgan fingerprint density at radius 2 is 2.15 bits per heavy atom. The topological polar surface area (TPSA) is 24.4 Å². The SMILES string of the molecule is Cl.Fc1cccc(Cl)c1CSC1=NC2CCCCC2N1. The summed E-state index contributed by atoms with van der Waals surface area (Å²) in [6.07, 6.45) is 4.91. The molecule has 6 heteroatoms. The summed E-state index contributed by atoms with van der Waals surface area (Å²) in [7, 11) is 0. The third kappa shape index (κ3) is 3.41. The Kier molecular flexibility index (Phi) is 5.58. The molecule has 0 amide bonds. The van der Waals surface area contributed by atoms with Gasteiger partial charge in [-0.15, -0.1) is 12.4 Å². The molecule has 0 radical (unpaired) electrons. The summed E-state index contributed by atoms with van der Waals surface area (Å²) in [6, 6.07) is 5.72. The number of rotatable bonds is 2. The molecule has 2 atom stereocenters. The Hall–Kier alpha value is -0.450. The van der Waals surface area contributed by atoms with Gasteiger partial charge in [0.2, 0.25) is 0 Å². The highest BCUT2D eigenvalue weighted by Gasteiger charge is 2.30. The number of nitrogens with zero attached hydrogens (tertiary/aromatic N) is 1. The smallest absolute Gasteiger partial charge is 0.157 e. The van der Waals surface area contributed by atoms with Crippen LogP contribution in [0, 0.1) is 5.82 Å². The van der Waals surface area contributed by atoms with E-state index in [9.17, 15) is 4.39 Å². The van der Waals surface area contributed by atoms with E-state index in [-0.39, 0.29) is 18.2 Å². The number of amidine groups is 1. The minimum absolute atomic E-state index is 0. The minimum atomic E-state index is -0.240. The molecule has 1 N–H and O–H groups in total. The molecule has 1 aliphatic carbocycles. The Morgan fingerprint density at radius 3 is 2.90 bits per heavy atom. The predicted molar refractivity (Wildman–Crippen MR) is 86.6 cm³/mol. The number of halogens is 3. The molecule has 0 aromatic heterocycles. The average molecular weight is 335 g/mol. The van der Waals surface area contributed by atoms with Crippen LogP contribution in [0.2, 0.25) is 5.02 Å². The predicted octanol–water partition coefficient (Wildman–Crippen LogP) is 4.40. The number of thioether (sulfide) groups is 1. The van der Waals surface area contributed by atoms with E-state index in [2.05, 4.69) is 10.3 Å². The van der Waals surface area contributed by atoms with Crippen molar-refractivity contribution in [2.75, 3.05) is 0 Å². The molecule has 110 valence electrons. The highest BCUT2D eigenvalue weighted by Crippen LogP contribution is 2.29. The average Bonchev–Trinajstić information content (AvgIpc) is 2.81. The van der Waals surface area contributed by atoms with Crippen molar-refractivity contribution in [2.24, 2.45) is 4.99 Å². The van der Waals surface area contributed by atoms with Crippen LogP contribution in [0.25, 0.3) is 0 Å². The Bertz CT molecular complexity index is 490. The molecule has 1 aromatic rings. The summed E-state index contributed by atoms with van der Waals surface area (Å²) < 4.78 is 13.7. The van der Waals surface area contributed by atoms with Crippen LogP contribution >= 0.6 is 35.8 Å². The van der Waals surface area contributed by atoms with Gasteiger partial charge < -0.3 is 5.32 Å². The van der Waals surface area contributed by atoms with Crippen LogP contribution in [-0.2, 0) is 5.75 Å². The molecule has 1 saturated carbocycles. The molecule has 2 nitrogen and oxygen atoms in total. The molecular weight excluding hydrogens is 318 g/mol. The van der Waals surface area contributed by atoms with Crippen molar-refractivity contribution in [2.45, 2.75) is 43.5 Å². The van der Waals surface area contributed by atoms with Gasteiger partial charge in [0, 0.05) is 16.3 Å². The van der Waals surface area contributed by atoms with Crippen LogP contribution < -0.4 is 5.32 Å². The zero-order valence-corrected chi connectivity index (χ0v) is 13.3. The summed E-state index contributed by atoms with van der Waals surface area (Å²) in [5.74, 6) is 0.285. The molecule has 1 fully saturated rings. The number of fused-ring (bicyclic) bond motifs is 1. The third-order valence-electron chi connectivity index (χ3n) is 3.74. The molecule has 20 heavy (non-hydrogen) atoms. The first kappa shape index (κ1) is 15.9. The Labute approximate surface area is 134 Å². The molecule has 2 unspecified atom stereocenters. The Morgan fingerprint density at radius 1 is 1.35 bits per heavy atom. The van der Waals surface area contributed by atoms with Gasteiger partial charge in [-0.2, -0.15) is 0 Å². The zero-order valence-electron chi connectivity index (χ0n) is 10.9. The van der Waals surface area contributed by atoms with E-state index in [1.807, 2.05) is 0 Å². The highest BCUT2D eigenvalue weighted by atomic mass is 35.5. The van der Waals surface area contributed by atoms with Crippen LogP contribution in [0.3, 0.4) is 0 Å². The third-order valence-corrected chi connectivity index (χ3v) is 5.02. The van der Waals surface area contributed by atoms with Gasteiger partial charge in [0.1, 0.15) is 5.82 Å². The number of nitrogens with one attached hydrogen (secondary N) is 1. The molecule has 0 bridgehead atoms. The van der Waals surface area contributed by atoms with Gasteiger partial charge in [-0.25, -0.2) is 4.39 Å².